The molecule has 0 saturated carbocycles. The molecule has 16 heavy (non-hydrogen) atoms. The van der Waals surface area contributed by atoms with Crippen LogP contribution >= 0.6 is 16.9 Å². The van der Waals surface area contributed by atoms with E-state index in [1.807, 2.05) is 0 Å². The smallest absolute Gasteiger partial charge is 0.822 e. The largest absolute Gasteiger partial charge is 1.00 e. The summed E-state index contributed by atoms with van der Waals surface area (Å²) in [5, 5.41) is 0. The summed E-state index contributed by atoms with van der Waals surface area (Å²) in [7, 11) is -5.12. The molecule has 0 bridgehead atoms. The van der Waals surface area contributed by atoms with Crippen LogP contribution in [0.3, 0.4) is 0 Å². The second-order valence-electron chi connectivity index (χ2n) is 3.27. The SMILES string of the molecule is CC1(C)COPOC1.O=P([O-])([O-])[O-].[Na+].[Na+].[Na+]. The molecule has 0 amide bonds. The molecule has 1 rings (SSSR count). The van der Waals surface area contributed by atoms with Gasteiger partial charge in [-0.25, -0.2) is 0 Å². The summed E-state index contributed by atoms with van der Waals surface area (Å²) in [4.78, 5) is 25.6. The fraction of sp³-hybridized carbons (Fsp3) is 1.00. The Balaban J connectivity index is -0.0000000818. The molecular weight excluding hydrogens is 287 g/mol. The van der Waals surface area contributed by atoms with Crippen LogP contribution in [0.4, 0.5) is 0 Å². The maximum Gasteiger partial charge on any atom is 1.00 e. The van der Waals surface area contributed by atoms with Crippen molar-refractivity contribution in [3.63, 3.8) is 0 Å². The van der Waals surface area contributed by atoms with Gasteiger partial charge in [-0.05, 0) is 0 Å². The molecule has 80 valence electrons. The normalized spacial score (nSPS) is 17.6. The van der Waals surface area contributed by atoms with Crippen molar-refractivity contribution in [2.75, 3.05) is 13.2 Å². The third-order valence-corrected chi connectivity index (χ3v) is 1.57. The summed E-state index contributed by atoms with van der Waals surface area (Å²) >= 11 is 0. The molecule has 0 unspecified atom stereocenters. The summed E-state index contributed by atoms with van der Waals surface area (Å²) in [6.45, 7) is 5.95. The Morgan fingerprint density at radius 2 is 1.31 bits per heavy atom. The zero-order valence-electron chi connectivity index (χ0n) is 10.3. The Morgan fingerprint density at radius 1 is 1.06 bits per heavy atom. The third kappa shape index (κ3) is 26.1. The monoisotopic (exact) mass is 298 g/mol. The Labute approximate surface area is 164 Å². The fourth-order valence-electron chi connectivity index (χ4n) is 0.533. The molecule has 0 spiro atoms. The minimum Gasteiger partial charge on any atom is -0.822 e. The van der Waals surface area contributed by atoms with Crippen molar-refractivity contribution in [2.24, 2.45) is 5.41 Å². The Morgan fingerprint density at radius 3 is 1.44 bits per heavy atom. The van der Waals surface area contributed by atoms with E-state index in [0.29, 0.717) is 0 Å². The van der Waals surface area contributed by atoms with Crippen molar-refractivity contribution in [3.8, 4) is 0 Å². The summed E-state index contributed by atoms with van der Waals surface area (Å²) in [5.41, 5.74) is 0.241. The Bertz CT molecular complexity index is 182. The van der Waals surface area contributed by atoms with E-state index in [0.717, 1.165) is 13.2 Å². The van der Waals surface area contributed by atoms with Gasteiger partial charge in [-0.3, -0.25) is 0 Å². The minimum atomic E-state index is -5.39. The van der Waals surface area contributed by atoms with E-state index in [-0.39, 0.29) is 103 Å². The molecule has 1 aliphatic heterocycles. The van der Waals surface area contributed by atoms with Crippen LogP contribution in [0.1, 0.15) is 13.8 Å². The third-order valence-electron chi connectivity index (χ3n) is 1.04. The van der Waals surface area contributed by atoms with Gasteiger partial charge in [0.1, 0.15) is 0 Å². The molecule has 0 aromatic rings. The second-order valence-corrected chi connectivity index (χ2v) is 4.91. The molecule has 1 saturated heterocycles. The van der Waals surface area contributed by atoms with Gasteiger partial charge in [0.25, 0.3) is 0 Å². The number of phosphoric acid groups is 1. The van der Waals surface area contributed by atoms with Crippen molar-refractivity contribution in [1.29, 1.82) is 0 Å². The molecule has 0 aromatic heterocycles. The molecule has 1 fully saturated rings. The van der Waals surface area contributed by atoms with Crippen LogP contribution in [0.25, 0.3) is 0 Å². The standard InChI is InChI=1S/C5H11O2P.3Na.H3O4P/c1-5(2)3-6-8-7-4-5;;;;1-5(2,3)4/h8H,3-4H2,1-2H3;;;;(H3,1,2,3,4)/q;3*+1;/p-3. The van der Waals surface area contributed by atoms with Crippen LogP contribution < -0.4 is 103 Å². The van der Waals surface area contributed by atoms with Crippen molar-refractivity contribution in [2.45, 2.75) is 13.8 Å². The van der Waals surface area contributed by atoms with E-state index in [2.05, 4.69) is 13.8 Å². The first-order chi connectivity index (χ1) is 5.71. The van der Waals surface area contributed by atoms with Crippen molar-refractivity contribution >= 4 is 16.9 Å². The van der Waals surface area contributed by atoms with Crippen molar-refractivity contribution in [1.82, 2.24) is 0 Å². The molecule has 6 nitrogen and oxygen atoms in total. The summed E-state index contributed by atoms with van der Waals surface area (Å²) in [6, 6.07) is 0. The number of hydrogen-bond acceptors (Lipinski definition) is 6. The predicted octanol–water partition coefficient (Wildman–Crippen LogP) is -10.2. The van der Waals surface area contributed by atoms with Crippen LogP contribution in [-0.2, 0) is 13.6 Å². The molecule has 0 radical (unpaired) electrons. The van der Waals surface area contributed by atoms with Gasteiger partial charge < -0.3 is 28.3 Å². The number of hydrogen-bond donors (Lipinski definition) is 0. The van der Waals surface area contributed by atoms with Gasteiger partial charge in [0.15, 0.2) is 9.03 Å². The first kappa shape index (κ1) is 27.7. The molecule has 1 heterocycles. The van der Waals surface area contributed by atoms with E-state index in [4.69, 9.17) is 28.3 Å². The minimum absolute atomic E-state index is 0. The molecule has 0 atom stereocenters. The first-order valence-corrected chi connectivity index (χ1v) is 5.70. The van der Waals surface area contributed by atoms with Crippen LogP contribution in [-0.4, -0.2) is 13.2 Å². The molecule has 11 heteroatoms. The maximum absolute atomic E-state index is 8.55. The molecule has 0 N–H and O–H groups in total. The van der Waals surface area contributed by atoms with Gasteiger partial charge in [0.05, 0.1) is 13.2 Å². The van der Waals surface area contributed by atoms with Gasteiger partial charge in [-0.15, -0.1) is 0 Å². The first-order valence-electron chi connectivity index (χ1n) is 3.42. The van der Waals surface area contributed by atoms with Gasteiger partial charge in [-0.1, -0.05) is 13.8 Å². The van der Waals surface area contributed by atoms with Gasteiger partial charge in [-0.2, -0.15) is 7.82 Å². The topological polar surface area (TPSA) is 105 Å². The van der Waals surface area contributed by atoms with Crippen molar-refractivity contribution < 1.29 is 117 Å². The Hall–Kier alpha value is 3.46. The fourth-order valence-corrected chi connectivity index (χ4v) is 1.52. The van der Waals surface area contributed by atoms with Crippen molar-refractivity contribution in [3.05, 3.63) is 0 Å². The maximum atomic E-state index is 8.55. The molecule has 0 aromatic carbocycles. The predicted molar refractivity (Wildman–Crippen MR) is 41.6 cm³/mol. The van der Waals surface area contributed by atoms with Gasteiger partial charge >= 0.3 is 88.7 Å². The summed E-state index contributed by atoms with van der Waals surface area (Å²) in [6.07, 6.45) is 0. The van der Waals surface area contributed by atoms with Crippen LogP contribution in [0.15, 0.2) is 0 Å². The van der Waals surface area contributed by atoms with E-state index < -0.39 is 7.82 Å². The molecule has 0 aliphatic carbocycles. The Kier molecular flexibility index (Phi) is 23.3. The van der Waals surface area contributed by atoms with E-state index in [1.165, 1.54) is 0 Å². The number of rotatable bonds is 0. The van der Waals surface area contributed by atoms with Crippen LogP contribution in [0.2, 0.25) is 0 Å². The van der Waals surface area contributed by atoms with Crippen LogP contribution in [0.5, 0.6) is 0 Å². The molecule has 1 aliphatic rings. The van der Waals surface area contributed by atoms with E-state index in [1.54, 1.807) is 0 Å². The molecular formula is C5H11Na3O6P2. The zero-order valence-corrected chi connectivity index (χ0v) is 18.2. The average molecular weight is 298 g/mol. The second kappa shape index (κ2) is 13.4. The summed E-state index contributed by atoms with van der Waals surface area (Å²) in [5.74, 6) is 0. The average Bonchev–Trinajstić information content (AvgIpc) is 1.82. The zero-order chi connectivity index (χ0) is 10.5. The quantitative estimate of drug-likeness (QED) is 0.325. The van der Waals surface area contributed by atoms with Gasteiger partial charge in [0.2, 0.25) is 0 Å². The van der Waals surface area contributed by atoms with E-state index >= 15 is 0 Å². The van der Waals surface area contributed by atoms with E-state index in [9.17, 15) is 0 Å². The van der Waals surface area contributed by atoms with Gasteiger partial charge in [0, 0.05) is 5.41 Å². The van der Waals surface area contributed by atoms with Crippen LogP contribution in [0, 0.1) is 5.41 Å². The summed E-state index contributed by atoms with van der Waals surface area (Å²) < 4.78 is 18.7.